The summed E-state index contributed by atoms with van der Waals surface area (Å²) in [6.45, 7) is 1.20. The molecule has 0 unspecified atom stereocenters. The van der Waals surface area contributed by atoms with Crippen molar-refractivity contribution in [2.45, 2.75) is 19.6 Å². The van der Waals surface area contributed by atoms with Crippen LogP contribution >= 0.6 is 31.9 Å². The second-order valence-electron chi connectivity index (χ2n) is 8.09. The number of nitrogens with two attached hydrogens (primary N) is 1. The van der Waals surface area contributed by atoms with Gasteiger partial charge in [-0.05, 0) is 68.3 Å². The molecule has 210 valence electrons. The Balaban J connectivity index is 0.000000209. The fraction of sp³-hybridized carbons (Fsp3) is 0.259. The van der Waals surface area contributed by atoms with E-state index in [-0.39, 0.29) is 50.1 Å². The summed E-state index contributed by atoms with van der Waals surface area (Å²) in [4.78, 5) is 24.9. The number of ether oxygens (including phenoxy) is 2. The number of epoxide rings is 1. The van der Waals surface area contributed by atoms with Crippen LogP contribution in [0.3, 0.4) is 0 Å². The molecule has 0 saturated carbocycles. The van der Waals surface area contributed by atoms with E-state index in [2.05, 4.69) is 31.9 Å². The smallest absolute Gasteiger partial charge is 0.261 e. The highest BCUT2D eigenvalue weighted by atomic mass is 79.9. The Morgan fingerprint density at radius 2 is 1.54 bits per heavy atom. The molecule has 2 amide bonds. The molecule has 0 spiro atoms. The maximum atomic E-state index is 12.8. The van der Waals surface area contributed by atoms with Crippen LogP contribution in [-0.4, -0.2) is 65.4 Å². The SMILES string of the molecule is C.NC[C@@H](O)COc1cc(F)ccc1Br.O=C1c2ccccc2C(=O)N1C[C@@H]1CO1.Oc1cc(F)ccc1Br. The maximum absolute atomic E-state index is 12.8. The lowest BCUT2D eigenvalue weighted by atomic mass is 10.1. The van der Waals surface area contributed by atoms with Crippen molar-refractivity contribution in [1.82, 2.24) is 4.90 Å². The summed E-state index contributed by atoms with van der Waals surface area (Å²) in [5.41, 5.74) is 6.19. The van der Waals surface area contributed by atoms with E-state index in [4.69, 9.17) is 25.4 Å². The number of fused-ring (bicyclic) bond motifs is 1. The lowest BCUT2D eigenvalue weighted by Gasteiger charge is -2.11. The molecular weight excluding hydrogens is 646 g/mol. The van der Waals surface area contributed by atoms with E-state index in [0.29, 0.717) is 39.0 Å². The van der Waals surface area contributed by atoms with Crippen LogP contribution in [0.25, 0.3) is 0 Å². The highest BCUT2D eigenvalue weighted by Gasteiger charge is 2.39. The summed E-state index contributed by atoms with van der Waals surface area (Å²) in [6, 6.07) is 14.8. The molecule has 8 nitrogen and oxygen atoms in total. The summed E-state index contributed by atoms with van der Waals surface area (Å²) in [7, 11) is 0. The van der Waals surface area contributed by atoms with Gasteiger partial charge in [-0.15, -0.1) is 0 Å². The van der Waals surface area contributed by atoms with Gasteiger partial charge in [-0.3, -0.25) is 14.5 Å². The van der Waals surface area contributed by atoms with Crippen LogP contribution in [0.1, 0.15) is 28.1 Å². The molecule has 2 aliphatic rings. The molecule has 4 N–H and O–H groups in total. The average Bonchev–Trinajstić information content (AvgIpc) is 3.70. The normalized spacial score (nSPS) is 15.6. The highest BCUT2D eigenvalue weighted by molar-refractivity contribution is 9.10. The zero-order chi connectivity index (χ0) is 27.8. The van der Waals surface area contributed by atoms with Crippen LogP contribution in [0.5, 0.6) is 11.5 Å². The number of carbonyl (C=O) groups excluding carboxylic acids is 2. The Bertz CT molecular complexity index is 1260. The average molecular weight is 674 g/mol. The third kappa shape index (κ3) is 9.36. The van der Waals surface area contributed by atoms with Crippen LogP contribution in [-0.2, 0) is 4.74 Å². The predicted molar refractivity (Wildman–Crippen MR) is 149 cm³/mol. The number of aliphatic hydroxyl groups is 1. The largest absolute Gasteiger partial charge is 0.507 e. The maximum Gasteiger partial charge on any atom is 0.261 e. The molecular formula is C27H28Br2F2N2O6. The Morgan fingerprint density at radius 3 is 2.03 bits per heavy atom. The summed E-state index contributed by atoms with van der Waals surface area (Å²) >= 11 is 6.21. The zero-order valence-corrected chi connectivity index (χ0v) is 23.0. The predicted octanol–water partition coefficient (Wildman–Crippen LogP) is 4.90. The van der Waals surface area contributed by atoms with Gasteiger partial charge in [-0.25, -0.2) is 8.78 Å². The minimum Gasteiger partial charge on any atom is -0.507 e. The Labute approximate surface area is 241 Å². The number of carbonyl (C=O) groups is 2. The van der Waals surface area contributed by atoms with E-state index in [9.17, 15) is 18.4 Å². The Kier molecular flexibility index (Phi) is 12.5. The van der Waals surface area contributed by atoms with Gasteiger partial charge < -0.3 is 25.4 Å². The first-order valence-electron chi connectivity index (χ1n) is 11.3. The number of benzene rings is 3. The molecule has 2 atom stereocenters. The zero-order valence-electron chi connectivity index (χ0n) is 19.8. The van der Waals surface area contributed by atoms with Gasteiger partial charge in [0.1, 0.15) is 35.8 Å². The van der Waals surface area contributed by atoms with Crippen molar-refractivity contribution in [2.24, 2.45) is 5.73 Å². The molecule has 0 aliphatic carbocycles. The minimum absolute atomic E-state index is 0. The van der Waals surface area contributed by atoms with Crippen molar-refractivity contribution in [2.75, 3.05) is 26.3 Å². The second-order valence-corrected chi connectivity index (χ2v) is 9.80. The minimum atomic E-state index is -0.731. The number of phenolic OH excluding ortho intramolecular Hbond substituents is 1. The number of aromatic hydroxyl groups is 1. The van der Waals surface area contributed by atoms with E-state index < -0.39 is 11.9 Å². The van der Waals surface area contributed by atoms with Gasteiger partial charge in [0, 0.05) is 18.7 Å². The molecule has 5 rings (SSSR count). The molecule has 2 heterocycles. The Morgan fingerprint density at radius 1 is 1.00 bits per heavy atom. The fourth-order valence-corrected chi connectivity index (χ4v) is 3.72. The van der Waals surface area contributed by atoms with Crippen molar-refractivity contribution in [3.05, 3.63) is 92.4 Å². The second kappa shape index (κ2) is 15.0. The van der Waals surface area contributed by atoms with E-state index in [1.807, 2.05) is 0 Å². The number of nitrogens with zero attached hydrogens (tertiary/aromatic N) is 1. The topological polar surface area (TPSA) is 126 Å². The van der Waals surface area contributed by atoms with Gasteiger partial charge in [0.05, 0.1) is 39.3 Å². The van der Waals surface area contributed by atoms with Crippen molar-refractivity contribution in [3.63, 3.8) is 0 Å². The first-order chi connectivity index (χ1) is 18.1. The van der Waals surface area contributed by atoms with Crippen LogP contribution < -0.4 is 10.5 Å². The van der Waals surface area contributed by atoms with Gasteiger partial charge >= 0.3 is 0 Å². The number of phenols is 1. The lowest BCUT2D eigenvalue weighted by Crippen LogP contribution is -2.33. The Hall–Kier alpha value is -2.90. The molecule has 1 fully saturated rings. The van der Waals surface area contributed by atoms with Gasteiger partial charge in [0.25, 0.3) is 11.8 Å². The van der Waals surface area contributed by atoms with E-state index in [1.165, 1.54) is 29.2 Å². The highest BCUT2D eigenvalue weighted by Crippen LogP contribution is 2.26. The number of aliphatic hydroxyl groups excluding tert-OH is 1. The van der Waals surface area contributed by atoms with Gasteiger partial charge in [0.2, 0.25) is 0 Å². The molecule has 0 radical (unpaired) electrons. The number of hydrogen-bond donors (Lipinski definition) is 3. The van der Waals surface area contributed by atoms with Gasteiger partial charge in [-0.2, -0.15) is 0 Å². The van der Waals surface area contributed by atoms with E-state index in [0.717, 1.165) is 6.07 Å². The van der Waals surface area contributed by atoms with E-state index >= 15 is 0 Å². The number of rotatable bonds is 6. The molecule has 12 heteroatoms. The van der Waals surface area contributed by atoms with Crippen LogP contribution in [0.4, 0.5) is 8.78 Å². The first kappa shape index (κ1) is 32.3. The van der Waals surface area contributed by atoms with Crippen molar-refractivity contribution in [3.8, 4) is 11.5 Å². The number of imide groups is 1. The molecule has 0 aromatic heterocycles. The van der Waals surface area contributed by atoms with Gasteiger partial charge in [0.15, 0.2) is 0 Å². The number of halogens is 4. The standard InChI is InChI=1S/C11H9NO3.C9H11BrFNO2.C6H4BrFO.CH4/c13-10-8-3-1-2-4-9(8)11(14)12(10)5-7-6-15-7;10-8-2-1-6(11)3-9(8)14-5-7(13)4-12;7-5-2-1-4(8)3-6(5)9;/h1-4,7H,5-6H2;1-3,7,13H,4-5,12H2;1-3,9H;1H4/t2*7-;;/m11../s1. The summed E-state index contributed by atoms with van der Waals surface area (Å²) in [5, 5.41) is 17.9. The number of amides is 2. The van der Waals surface area contributed by atoms with Crippen molar-refractivity contribution >= 4 is 43.7 Å². The third-order valence-corrected chi connectivity index (χ3v) is 6.50. The van der Waals surface area contributed by atoms with Crippen LogP contribution in [0.15, 0.2) is 69.6 Å². The van der Waals surface area contributed by atoms with Crippen LogP contribution in [0.2, 0.25) is 0 Å². The number of hydrogen-bond acceptors (Lipinski definition) is 7. The monoisotopic (exact) mass is 672 g/mol. The molecule has 0 bridgehead atoms. The summed E-state index contributed by atoms with van der Waals surface area (Å²) < 4.78 is 36.3. The first-order valence-corrected chi connectivity index (χ1v) is 12.9. The summed E-state index contributed by atoms with van der Waals surface area (Å²) in [5.74, 6) is -0.939. The molecule has 1 saturated heterocycles. The van der Waals surface area contributed by atoms with Crippen molar-refractivity contribution in [1.29, 1.82) is 0 Å². The fourth-order valence-electron chi connectivity index (χ4n) is 3.11. The summed E-state index contributed by atoms with van der Waals surface area (Å²) in [6.07, 6.45) is -0.683. The molecule has 2 aliphatic heterocycles. The van der Waals surface area contributed by atoms with Crippen molar-refractivity contribution < 1.29 is 38.1 Å². The third-order valence-electron chi connectivity index (χ3n) is 5.17. The molecule has 3 aromatic carbocycles. The molecule has 39 heavy (non-hydrogen) atoms. The van der Waals surface area contributed by atoms with E-state index in [1.54, 1.807) is 30.3 Å². The van der Waals surface area contributed by atoms with Gasteiger partial charge in [-0.1, -0.05) is 19.6 Å². The quantitative estimate of drug-likeness (QED) is 0.251. The van der Waals surface area contributed by atoms with Crippen LogP contribution in [0, 0.1) is 11.6 Å². The molecule has 3 aromatic rings. The lowest BCUT2D eigenvalue weighted by molar-refractivity contribution is 0.0642.